The van der Waals surface area contributed by atoms with Gasteiger partial charge in [0.15, 0.2) is 6.29 Å². The standard InChI is InChI=1S/C47H86O9/c1-3-5-7-9-11-13-15-17-19-20-21-22-23-24-26-28-30-32-34-36-43(49)55-41(40-54-47-46(52)45(51)44(50)42(38-48)56-47)39-53-37-35-33-31-29-27-25-18-16-14-12-10-8-6-4-2/h11,13-14,16-17,19,41-42,44-48,50-52H,3-10,12,15,18,20-40H2,1-2H3/b13-11-,16-14-,19-17-. The topological polar surface area (TPSA) is 135 Å². The minimum absolute atomic E-state index is 0.117. The Kier molecular flexibility index (Phi) is 36.4. The van der Waals surface area contributed by atoms with Gasteiger partial charge in [0.25, 0.3) is 0 Å². The van der Waals surface area contributed by atoms with E-state index in [1.54, 1.807) is 0 Å². The molecule has 56 heavy (non-hydrogen) atoms. The van der Waals surface area contributed by atoms with Crippen LogP contribution in [0, 0.1) is 0 Å². The SMILES string of the molecule is CCCCC/C=C\C/C=C\CCCCCCCCCCCC(=O)OC(COCCCCCCCC/C=C\CCCCCC)COC1OC(CO)C(O)C(O)C1O. The van der Waals surface area contributed by atoms with Crippen molar-refractivity contribution in [3.8, 4) is 0 Å². The molecule has 1 rings (SSSR count). The molecule has 0 aromatic heterocycles. The highest BCUT2D eigenvalue weighted by Crippen LogP contribution is 2.22. The van der Waals surface area contributed by atoms with Crippen LogP contribution in [0.4, 0.5) is 0 Å². The van der Waals surface area contributed by atoms with Gasteiger partial charge in [-0.25, -0.2) is 0 Å². The van der Waals surface area contributed by atoms with E-state index in [0.29, 0.717) is 13.0 Å². The fraction of sp³-hybridized carbons (Fsp3) is 0.851. The summed E-state index contributed by atoms with van der Waals surface area (Å²) < 4.78 is 22.8. The fourth-order valence-corrected chi connectivity index (χ4v) is 6.87. The van der Waals surface area contributed by atoms with Crippen LogP contribution in [0.1, 0.15) is 194 Å². The van der Waals surface area contributed by atoms with E-state index in [1.165, 1.54) is 128 Å². The van der Waals surface area contributed by atoms with Crippen molar-refractivity contribution < 1.29 is 44.2 Å². The third-order valence-corrected chi connectivity index (χ3v) is 10.5. The highest BCUT2D eigenvalue weighted by molar-refractivity contribution is 5.69. The predicted molar refractivity (Wildman–Crippen MR) is 228 cm³/mol. The summed E-state index contributed by atoms with van der Waals surface area (Å²) in [5.74, 6) is -0.320. The molecule has 0 aromatic carbocycles. The number of aliphatic hydroxyl groups is 4. The quantitative estimate of drug-likeness (QED) is 0.0272. The van der Waals surface area contributed by atoms with Crippen molar-refractivity contribution in [1.29, 1.82) is 0 Å². The van der Waals surface area contributed by atoms with Crippen LogP contribution in [0.5, 0.6) is 0 Å². The molecule has 0 bridgehead atoms. The normalized spacial score (nSPS) is 20.9. The summed E-state index contributed by atoms with van der Waals surface area (Å²) in [4.78, 5) is 12.8. The van der Waals surface area contributed by atoms with E-state index < -0.39 is 43.4 Å². The van der Waals surface area contributed by atoms with Gasteiger partial charge in [0.05, 0.1) is 19.8 Å². The van der Waals surface area contributed by atoms with Gasteiger partial charge in [-0.1, -0.05) is 153 Å². The minimum atomic E-state index is -1.54. The first-order valence-electron chi connectivity index (χ1n) is 23.1. The molecule has 1 heterocycles. The van der Waals surface area contributed by atoms with Crippen LogP contribution in [-0.2, 0) is 23.7 Å². The molecule has 1 saturated heterocycles. The van der Waals surface area contributed by atoms with Gasteiger partial charge in [-0.15, -0.1) is 0 Å². The monoisotopic (exact) mass is 795 g/mol. The number of unbranched alkanes of at least 4 members (excludes halogenated alkanes) is 22. The van der Waals surface area contributed by atoms with Gasteiger partial charge in [-0.2, -0.15) is 0 Å². The summed E-state index contributed by atoms with van der Waals surface area (Å²) in [6, 6.07) is 0. The largest absolute Gasteiger partial charge is 0.457 e. The van der Waals surface area contributed by atoms with Gasteiger partial charge in [-0.3, -0.25) is 4.79 Å². The number of hydrogen-bond acceptors (Lipinski definition) is 9. The molecule has 0 spiro atoms. The Morgan fingerprint density at radius 1 is 0.571 bits per heavy atom. The third-order valence-electron chi connectivity index (χ3n) is 10.5. The lowest BCUT2D eigenvalue weighted by Gasteiger charge is -2.39. The second kappa shape index (κ2) is 38.9. The first-order chi connectivity index (χ1) is 27.4. The number of carbonyl (C=O) groups excluding carboxylic acids is 1. The molecular weight excluding hydrogens is 709 g/mol. The summed E-state index contributed by atoms with van der Waals surface area (Å²) in [5, 5.41) is 40.1. The first-order valence-corrected chi connectivity index (χ1v) is 23.1. The van der Waals surface area contributed by atoms with Crippen molar-refractivity contribution in [3.05, 3.63) is 36.5 Å². The van der Waals surface area contributed by atoms with Gasteiger partial charge in [0, 0.05) is 13.0 Å². The van der Waals surface area contributed by atoms with Crippen molar-refractivity contribution in [2.24, 2.45) is 0 Å². The molecule has 0 saturated carbocycles. The van der Waals surface area contributed by atoms with Crippen LogP contribution in [0.25, 0.3) is 0 Å². The second-order valence-corrected chi connectivity index (χ2v) is 15.8. The summed E-state index contributed by atoms with van der Waals surface area (Å²) in [7, 11) is 0. The molecule has 9 heteroatoms. The van der Waals surface area contributed by atoms with Crippen LogP contribution in [0.15, 0.2) is 36.5 Å². The second-order valence-electron chi connectivity index (χ2n) is 15.8. The van der Waals surface area contributed by atoms with E-state index in [4.69, 9.17) is 18.9 Å². The van der Waals surface area contributed by atoms with E-state index in [1.807, 2.05) is 0 Å². The molecule has 4 N–H and O–H groups in total. The number of hydrogen-bond donors (Lipinski definition) is 4. The Labute approximate surface area is 342 Å². The van der Waals surface area contributed by atoms with Crippen molar-refractivity contribution >= 4 is 5.97 Å². The van der Waals surface area contributed by atoms with Crippen LogP contribution in [0.3, 0.4) is 0 Å². The Hall–Kier alpha value is -1.59. The zero-order chi connectivity index (χ0) is 40.7. The molecule has 328 valence electrons. The van der Waals surface area contributed by atoms with Crippen molar-refractivity contribution in [3.63, 3.8) is 0 Å². The zero-order valence-electron chi connectivity index (χ0n) is 35.9. The molecule has 6 unspecified atom stereocenters. The van der Waals surface area contributed by atoms with Crippen LogP contribution in [0.2, 0.25) is 0 Å². The molecule has 9 nitrogen and oxygen atoms in total. The molecule has 0 radical (unpaired) electrons. The van der Waals surface area contributed by atoms with E-state index in [2.05, 4.69) is 50.3 Å². The Morgan fingerprint density at radius 2 is 1.04 bits per heavy atom. The zero-order valence-corrected chi connectivity index (χ0v) is 35.9. The third kappa shape index (κ3) is 29.6. The molecule has 1 fully saturated rings. The highest BCUT2D eigenvalue weighted by atomic mass is 16.7. The Morgan fingerprint density at radius 3 is 1.59 bits per heavy atom. The molecule has 0 aromatic rings. The van der Waals surface area contributed by atoms with Gasteiger partial charge in [-0.05, 0) is 70.6 Å². The van der Waals surface area contributed by atoms with Crippen LogP contribution < -0.4 is 0 Å². The predicted octanol–water partition coefficient (Wildman–Crippen LogP) is 10.4. The molecule has 0 amide bonds. The van der Waals surface area contributed by atoms with Gasteiger partial charge in [0.2, 0.25) is 0 Å². The van der Waals surface area contributed by atoms with Crippen molar-refractivity contribution in [2.75, 3.05) is 26.4 Å². The summed E-state index contributed by atoms with van der Waals surface area (Å²) in [6.07, 6.45) is 38.8. The molecule has 0 aliphatic carbocycles. The maximum Gasteiger partial charge on any atom is 0.306 e. The minimum Gasteiger partial charge on any atom is -0.457 e. The average Bonchev–Trinajstić information content (AvgIpc) is 3.20. The van der Waals surface area contributed by atoms with Gasteiger partial charge in [0.1, 0.15) is 30.5 Å². The summed E-state index contributed by atoms with van der Waals surface area (Å²) >= 11 is 0. The number of ether oxygens (including phenoxy) is 4. The number of rotatable bonds is 39. The molecule has 1 aliphatic rings. The molecule has 6 atom stereocenters. The summed E-state index contributed by atoms with van der Waals surface area (Å²) in [6.45, 7) is 4.51. The number of esters is 1. The molecule has 1 aliphatic heterocycles. The Balaban J connectivity index is 2.25. The highest BCUT2D eigenvalue weighted by Gasteiger charge is 2.44. The van der Waals surface area contributed by atoms with E-state index in [-0.39, 0.29) is 19.2 Å². The van der Waals surface area contributed by atoms with Crippen molar-refractivity contribution in [2.45, 2.75) is 230 Å². The smallest absolute Gasteiger partial charge is 0.306 e. The van der Waals surface area contributed by atoms with Gasteiger partial charge >= 0.3 is 5.97 Å². The average molecular weight is 795 g/mol. The number of aliphatic hydroxyl groups excluding tert-OH is 4. The summed E-state index contributed by atoms with van der Waals surface area (Å²) in [5.41, 5.74) is 0. The van der Waals surface area contributed by atoms with Crippen molar-refractivity contribution in [1.82, 2.24) is 0 Å². The number of carbonyl (C=O) groups is 1. The molecular formula is C47H86O9. The van der Waals surface area contributed by atoms with Crippen LogP contribution in [-0.4, -0.2) is 89.6 Å². The van der Waals surface area contributed by atoms with E-state index in [0.717, 1.165) is 44.9 Å². The van der Waals surface area contributed by atoms with Gasteiger partial charge < -0.3 is 39.4 Å². The fourth-order valence-electron chi connectivity index (χ4n) is 6.87. The lowest BCUT2D eigenvalue weighted by Crippen LogP contribution is -2.59. The Bertz CT molecular complexity index is 952. The van der Waals surface area contributed by atoms with E-state index >= 15 is 0 Å². The lowest BCUT2D eigenvalue weighted by molar-refractivity contribution is -0.305. The first kappa shape index (κ1) is 52.4. The lowest BCUT2D eigenvalue weighted by atomic mass is 9.99. The number of allylic oxidation sites excluding steroid dienone is 6. The van der Waals surface area contributed by atoms with E-state index in [9.17, 15) is 25.2 Å². The maximum absolute atomic E-state index is 12.8. The maximum atomic E-state index is 12.8. The van der Waals surface area contributed by atoms with Crippen LogP contribution >= 0.6 is 0 Å².